The Morgan fingerprint density at radius 1 is 1.06 bits per heavy atom. The fraction of sp³-hybridized carbons (Fsp3) is 0.217. The summed E-state index contributed by atoms with van der Waals surface area (Å²) in [6, 6.07) is 12.2. The van der Waals surface area contributed by atoms with E-state index in [2.05, 4.69) is 0 Å². The number of aliphatic hydroxyl groups excluding tert-OH is 1. The Kier molecular flexibility index (Phi) is 6.11. The largest absolute Gasteiger partial charge is 0.503 e. The van der Waals surface area contributed by atoms with Crippen LogP contribution in [0.1, 0.15) is 26.2 Å². The normalized spacial score (nSPS) is 16.1. The number of aliphatic hydroxyl groups is 1. The number of Topliss-reactive ketones (excluding diaryl/α,β-unsaturated/α-hetero) is 1. The highest BCUT2D eigenvalue weighted by molar-refractivity contribution is 7.12. The number of hydrogen-bond acceptors (Lipinski definition) is 7. The first-order valence-electron chi connectivity index (χ1n) is 9.61. The van der Waals surface area contributed by atoms with E-state index in [-0.39, 0.29) is 11.4 Å². The molecule has 0 aliphatic carbocycles. The number of rotatable bonds is 8. The number of hydrogen-bond donors (Lipinski definition) is 1. The molecular formula is C23H21NO5S2. The molecule has 4 rings (SSSR count). The molecule has 3 heterocycles. The Hall–Kier alpha value is -3.10. The van der Waals surface area contributed by atoms with Crippen LogP contribution in [0.2, 0.25) is 0 Å². The lowest BCUT2D eigenvalue weighted by Crippen LogP contribution is -2.32. The fourth-order valence-corrected chi connectivity index (χ4v) is 5.21. The van der Waals surface area contributed by atoms with Gasteiger partial charge in [0.05, 0.1) is 30.7 Å². The van der Waals surface area contributed by atoms with Crippen LogP contribution in [0.15, 0.2) is 64.6 Å². The van der Waals surface area contributed by atoms with Crippen LogP contribution in [-0.4, -0.2) is 42.5 Å². The molecule has 1 aliphatic heterocycles. The SMILES string of the molecule is COc1ccc(CCN2C(=O)C(O)=C(C(=O)c3cccs3)C2c2cccs2)cc1OC. The summed E-state index contributed by atoms with van der Waals surface area (Å²) in [6.45, 7) is 0.335. The molecule has 1 unspecified atom stereocenters. The summed E-state index contributed by atoms with van der Waals surface area (Å²) in [6.07, 6.45) is 0.529. The molecule has 0 radical (unpaired) electrons. The van der Waals surface area contributed by atoms with Crippen molar-refractivity contribution in [3.63, 3.8) is 0 Å². The highest BCUT2D eigenvalue weighted by atomic mass is 32.1. The summed E-state index contributed by atoms with van der Waals surface area (Å²) in [5, 5.41) is 14.4. The maximum absolute atomic E-state index is 13.1. The van der Waals surface area contributed by atoms with Gasteiger partial charge in [-0.05, 0) is 47.0 Å². The van der Waals surface area contributed by atoms with Crippen molar-refractivity contribution in [2.45, 2.75) is 12.5 Å². The number of ketones is 1. The highest BCUT2D eigenvalue weighted by Crippen LogP contribution is 2.41. The smallest absolute Gasteiger partial charge is 0.290 e. The van der Waals surface area contributed by atoms with Gasteiger partial charge in [0.2, 0.25) is 5.78 Å². The summed E-state index contributed by atoms with van der Waals surface area (Å²) >= 11 is 2.75. The third-order valence-corrected chi connectivity index (χ3v) is 6.99. The lowest BCUT2D eigenvalue weighted by Gasteiger charge is -2.25. The molecule has 160 valence electrons. The van der Waals surface area contributed by atoms with Gasteiger partial charge in [-0.15, -0.1) is 22.7 Å². The number of thiophene rings is 2. The summed E-state index contributed by atoms with van der Waals surface area (Å²) in [5.74, 6) is -0.0732. The van der Waals surface area contributed by atoms with Gasteiger partial charge in [0.25, 0.3) is 5.91 Å². The lowest BCUT2D eigenvalue weighted by atomic mass is 10.0. The van der Waals surface area contributed by atoms with Crippen molar-refractivity contribution >= 4 is 34.4 Å². The van der Waals surface area contributed by atoms with E-state index >= 15 is 0 Å². The second kappa shape index (κ2) is 8.95. The van der Waals surface area contributed by atoms with Crippen LogP contribution in [0, 0.1) is 0 Å². The zero-order chi connectivity index (χ0) is 22.0. The molecule has 1 amide bonds. The maximum atomic E-state index is 13.1. The van der Waals surface area contributed by atoms with Gasteiger partial charge in [-0.2, -0.15) is 0 Å². The van der Waals surface area contributed by atoms with Gasteiger partial charge in [0.15, 0.2) is 17.3 Å². The topological polar surface area (TPSA) is 76.1 Å². The number of carbonyl (C=O) groups excluding carboxylic acids is 2. The van der Waals surface area contributed by atoms with Crippen molar-refractivity contribution in [1.82, 2.24) is 4.90 Å². The van der Waals surface area contributed by atoms with E-state index in [1.807, 2.05) is 35.7 Å². The first-order chi connectivity index (χ1) is 15.0. The molecule has 0 saturated carbocycles. The number of ether oxygens (including phenoxy) is 2. The molecule has 1 N–H and O–H groups in total. The molecule has 1 aliphatic rings. The van der Waals surface area contributed by atoms with E-state index in [4.69, 9.17) is 9.47 Å². The van der Waals surface area contributed by atoms with Crippen LogP contribution in [0.3, 0.4) is 0 Å². The van der Waals surface area contributed by atoms with E-state index in [1.54, 1.807) is 36.6 Å². The molecule has 2 aromatic heterocycles. The minimum atomic E-state index is -0.609. The van der Waals surface area contributed by atoms with Crippen LogP contribution in [0.25, 0.3) is 0 Å². The van der Waals surface area contributed by atoms with E-state index in [0.717, 1.165) is 10.4 Å². The van der Waals surface area contributed by atoms with Crippen molar-refractivity contribution < 1.29 is 24.2 Å². The molecule has 6 nitrogen and oxygen atoms in total. The van der Waals surface area contributed by atoms with E-state index < -0.39 is 17.7 Å². The van der Waals surface area contributed by atoms with Gasteiger partial charge in [-0.3, -0.25) is 9.59 Å². The quantitative estimate of drug-likeness (QED) is 0.501. The summed E-state index contributed by atoms with van der Waals surface area (Å²) < 4.78 is 10.6. The second-order valence-electron chi connectivity index (χ2n) is 6.92. The molecule has 1 atom stereocenters. The summed E-state index contributed by atoms with van der Waals surface area (Å²) in [5.41, 5.74) is 1.09. The average molecular weight is 456 g/mol. The van der Waals surface area contributed by atoms with E-state index in [0.29, 0.717) is 29.3 Å². The molecule has 31 heavy (non-hydrogen) atoms. The molecular weight excluding hydrogens is 434 g/mol. The van der Waals surface area contributed by atoms with Crippen molar-refractivity contribution in [2.24, 2.45) is 0 Å². The van der Waals surface area contributed by atoms with E-state index in [1.165, 1.54) is 22.7 Å². The predicted molar refractivity (Wildman–Crippen MR) is 120 cm³/mol. The van der Waals surface area contributed by atoms with Crippen LogP contribution in [0.4, 0.5) is 0 Å². The zero-order valence-corrected chi connectivity index (χ0v) is 18.7. The Bertz CT molecular complexity index is 1120. The Morgan fingerprint density at radius 2 is 1.81 bits per heavy atom. The molecule has 3 aromatic rings. The minimum absolute atomic E-state index is 0.141. The molecule has 0 saturated heterocycles. The van der Waals surface area contributed by atoms with Crippen LogP contribution in [0.5, 0.6) is 11.5 Å². The van der Waals surface area contributed by atoms with Gasteiger partial charge < -0.3 is 19.5 Å². The van der Waals surface area contributed by atoms with Gasteiger partial charge in [0.1, 0.15) is 0 Å². The van der Waals surface area contributed by atoms with Crippen LogP contribution < -0.4 is 9.47 Å². The van der Waals surface area contributed by atoms with Crippen molar-refractivity contribution in [3.05, 3.63) is 79.9 Å². The maximum Gasteiger partial charge on any atom is 0.290 e. The highest BCUT2D eigenvalue weighted by Gasteiger charge is 2.44. The summed E-state index contributed by atoms with van der Waals surface area (Å²) in [7, 11) is 3.15. The number of methoxy groups -OCH3 is 2. The third kappa shape index (κ3) is 3.96. The fourth-order valence-electron chi connectivity index (χ4n) is 3.69. The zero-order valence-electron chi connectivity index (χ0n) is 17.0. The minimum Gasteiger partial charge on any atom is -0.503 e. The number of nitrogens with zero attached hydrogens (tertiary/aromatic N) is 1. The van der Waals surface area contributed by atoms with Crippen molar-refractivity contribution in [1.29, 1.82) is 0 Å². The molecule has 1 aromatic carbocycles. The molecule has 0 fully saturated rings. The van der Waals surface area contributed by atoms with E-state index in [9.17, 15) is 14.7 Å². The Labute approximate surface area is 188 Å². The van der Waals surface area contributed by atoms with Gasteiger partial charge in [-0.25, -0.2) is 0 Å². The number of benzene rings is 1. The molecule has 0 spiro atoms. The van der Waals surface area contributed by atoms with Gasteiger partial charge in [0, 0.05) is 11.4 Å². The Balaban J connectivity index is 1.63. The lowest BCUT2D eigenvalue weighted by molar-refractivity contribution is -0.129. The number of amides is 1. The van der Waals surface area contributed by atoms with Crippen molar-refractivity contribution in [2.75, 3.05) is 20.8 Å². The Morgan fingerprint density at radius 3 is 2.45 bits per heavy atom. The number of carbonyl (C=O) groups is 2. The van der Waals surface area contributed by atoms with Gasteiger partial charge in [-0.1, -0.05) is 18.2 Å². The average Bonchev–Trinajstić information content (AvgIpc) is 3.54. The van der Waals surface area contributed by atoms with Crippen molar-refractivity contribution in [3.8, 4) is 11.5 Å². The summed E-state index contributed by atoms with van der Waals surface area (Å²) in [4.78, 5) is 29.0. The van der Waals surface area contributed by atoms with Crippen LogP contribution in [-0.2, 0) is 11.2 Å². The first-order valence-corrected chi connectivity index (χ1v) is 11.4. The predicted octanol–water partition coefficient (Wildman–Crippen LogP) is 4.65. The second-order valence-corrected chi connectivity index (χ2v) is 8.85. The van der Waals surface area contributed by atoms with Gasteiger partial charge >= 0.3 is 0 Å². The standard InChI is InChI=1S/C23H21NO5S2/c1-28-15-8-7-14(13-16(15)29-2)9-10-24-20(17-5-3-11-30-17)19(22(26)23(24)27)21(25)18-6-4-12-31-18/h3-8,11-13,20,26H,9-10H2,1-2H3. The first kappa shape index (κ1) is 21.1. The van der Waals surface area contributed by atoms with Crippen LogP contribution >= 0.6 is 22.7 Å². The molecule has 8 heteroatoms. The molecule has 0 bridgehead atoms. The monoisotopic (exact) mass is 455 g/mol. The third-order valence-electron chi connectivity index (χ3n) is 5.20.